The topological polar surface area (TPSA) is 79.4 Å². The number of pyridine rings is 1. The molecule has 2 aromatic rings. The van der Waals surface area contributed by atoms with E-state index in [-0.39, 0.29) is 30.1 Å². The number of nitrogens with zero attached hydrogens (tertiary/aromatic N) is 2. The van der Waals surface area contributed by atoms with Crippen LogP contribution in [-0.4, -0.2) is 34.2 Å². The van der Waals surface area contributed by atoms with Gasteiger partial charge in [0.1, 0.15) is 5.69 Å². The van der Waals surface area contributed by atoms with E-state index in [4.69, 9.17) is 11.6 Å². The van der Waals surface area contributed by atoms with Crippen LogP contribution in [0.1, 0.15) is 38.4 Å². The molecule has 128 valence electrons. The van der Waals surface area contributed by atoms with Gasteiger partial charge in [0.15, 0.2) is 0 Å². The molecule has 0 atom stereocenters. The SMILES string of the molecule is Cc1cc(C)c(NC(=O)CCN2C(=O)c3cccnc3C2=O)c(Cl)c1. The monoisotopic (exact) mass is 357 g/mol. The Bertz CT molecular complexity index is 837. The zero-order valence-electron chi connectivity index (χ0n) is 13.8. The van der Waals surface area contributed by atoms with Crippen LogP contribution in [0.2, 0.25) is 5.02 Å². The Hall–Kier alpha value is -2.73. The summed E-state index contributed by atoms with van der Waals surface area (Å²) in [6, 6.07) is 6.83. The van der Waals surface area contributed by atoms with Crippen molar-refractivity contribution in [2.75, 3.05) is 11.9 Å². The van der Waals surface area contributed by atoms with Crippen LogP contribution in [-0.2, 0) is 4.79 Å². The van der Waals surface area contributed by atoms with E-state index in [9.17, 15) is 14.4 Å². The maximum Gasteiger partial charge on any atom is 0.280 e. The van der Waals surface area contributed by atoms with E-state index < -0.39 is 11.8 Å². The summed E-state index contributed by atoms with van der Waals surface area (Å²) in [5, 5.41) is 3.20. The summed E-state index contributed by atoms with van der Waals surface area (Å²) in [6.07, 6.45) is 1.44. The molecule has 1 aromatic carbocycles. The van der Waals surface area contributed by atoms with Crippen LogP contribution >= 0.6 is 11.6 Å². The predicted octanol–water partition coefficient (Wildman–Crippen LogP) is 2.98. The molecule has 0 unspecified atom stereocenters. The Kier molecular flexibility index (Phi) is 4.55. The lowest BCUT2D eigenvalue weighted by atomic mass is 10.1. The van der Waals surface area contributed by atoms with E-state index in [1.165, 1.54) is 6.20 Å². The molecule has 1 aromatic heterocycles. The molecule has 7 heteroatoms. The molecule has 0 radical (unpaired) electrons. The van der Waals surface area contributed by atoms with Crippen molar-refractivity contribution in [1.82, 2.24) is 9.88 Å². The molecule has 0 saturated carbocycles. The summed E-state index contributed by atoms with van der Waals surface area (Å²) in [6.45, 7) is 3.76. The number of aryl methyl sites for hydroxylation is 2. The van der Waals surface area contributed by atoms with Gasteiger partial charge in [-0.2, -0.15) is 0 Å². The molecular weight excluding hydrogens is 342 g/mol. The van der Waals surface area contributed by atoms with Gasteiger partial charge < -0.3 is 5.32 Å². The van der Waals surface area contributed by atoms with Crippen molar-refractivity contribution in [3.63, 3.8) is 0 Å². The zero-order chi connectivity index (χ0) is 18.1. The van der Waals surface area contributed by atoms with Crippen LogP contribution in [0, 0.1) is 13.8 Å². The highest BCUT2D eigenvalue weighted by Crippen LogP contribution is 2.27. The van der Waals surface area contributed by atoms with Crippen molar-refractivity contribution >= 4 is 35.0 Å². The molecule has 25 heavy (non-hydrogen) atoms. The number of nitrogens with one attached hydrogen (secondary N) is 1. The number of hydrogen-bond acceptors (Lipinski definition) is 4. The minimum absolute atomic E-state index is 0.0115. The second kappa shape index (κ2) is 6.64. The normalized spacial score (nSPS) is 13.2. The predicted molar refractivity (Wildman–Crippen MR) is 93.8 cm³/mol. The maximum atomic E-state index is 12.2. The maximum absolute atomic E-state index is 12.2. The van der Waals surface area contributed by atoms with Gasteiger partial charge in [0.2, 0.25) is 5.91 Å². The molecule has 1 N–H and O–H groups in total. The van der Waals surface area contributed by atoms with Crippen LogP contribution in [0.3, 0.4) is 0 Å². The quantitative estimate of drug-likeness (QED) is 0.853. The standard InChI is InChI=1S/C18H16ClN3O3/c1-10-8-11(2)15(13(19)9-10)21-14(23)5-7-22-17(24)12-4-3-6-20-16(12)18(22)25/h3-4,6,8-9H,5,7H2,1-2H3,(H,21,23). The molecule has 1 aliphatic rings. The number of carbonyl (C=O) groups excluding carboxylic acids is 3. The summed E-state index contributed by atoms with van der Waals surface area (Å²) in [5.41, 5.74) is 2.79. The van der Waals surface area contributed by atoms with Crippen LogP contribution in [0.25, 0.3) is 0 Å². The third-order valence-corrected chi connectivity index (χ3v) is 4.29. The summed E-state index contributed by atoms with van der Waals surface area (Å²) in [4.78, 5) is 41.6. The van der Waals surface area contributed by atoms with Crippen molar-refractivity contribution in [3.05, 3.63) is 57.9 Å². The van der Waals surface area contributed by atoms with Crippen LogP contribution < -0.4 is 5.32 Å². The fraction of sp³-hybridized carbons (Fsp3) is 0.222. The Morgan fingerprint density at radius 1 is 1.24 bits per heavy atom. The van der Waals surface area contributed by atoms with Crippen molar-refractivity contribution in [2.24, 2.45) is 0 Å². The van der Waals surface area contributed by atoms with Crippen molar-refractivity contribution in [1.29, 1.82) is 0 Å². The van der Waals surface area contributed by atoms with Gasteiger partial charge in [-0.1, -0.05) is 17.7 Å². The first-order valence-corrected chi connectivity index (χ1v) is 8.14. The molecule has 0 bridgehead atoms. The first-order chi connectivity index (χ1) is 11.9. The lowest BCUT2D eigenvalue weighted by Crippen LogP contribution is -2.33. The van der Waals surface area contributed by atoms with Gasteiger partial charge in [0, 0.05) is 19.2 Å². The Morgan fingerprint density at radius 2 is 2.00 bits per heavy atom. The molecular formula is C18H16ClN3O3. The third-order valence-electron chi connectivity index (χ3n) is 3.99. The van der Waals surface area contributed by atoms with Crippen molar-refractivity contribution in [3.8, 4) is 0 Å². The first-order valence-electron chi connectivity index (χ1n) is 7.76. The molecule has 0 spiro atoms. The van der Waals surface area contributed by atoms with Crippen LogP contribution in [0.4, 0.5) is 5.69 Å². The van der Waals surface area contributed by atoms with Crippen LogP contribution in [0.5, 0.6) is 0 Å². The fourth-order valence-corrected chi connectivity index (χ4v) is 3.17. The molecule has 0 aliphatic carbocycles. The summed E-state index contributed by atoms with van der Waals surface area (Å²) in [7, 11) is 0. The molecule has 0 saturated heterocycles. The number of halogens is 1. The Labute approximate surface area is 149 Å². The van der Waals surface area contributed by atoms with E-state index in [1.54, 1.807) is 18.2 Å². The second-order valence-corrected chi connectivity index (χ2v) is 6.31. The second-order valence-electron chi connectivity index (χ2n) is 5.90. The number of amides is 3. The molecule has 3 rings (SSSR count). The number of aromatic nitrogens is 1. The van der Waals surface area contributed by atoms with E-state index in [0.717, 1.165) is 16.0 Å². The van der Waals surface area contributed by atoms with E-state index >= 15 is 0 Å². The summed E-state index contributed by atoms with van der Waals surface area (Å²) in [5.74, 6) is -1.22. The molecule has 0 fully saturated rings. The highest BCUT2D eigenvalue weighted by atomic mass is 35.5. The van der Waals surface area contributed by atoms with Gasteiger partial charge in [0.05, 0.1) is 16.3 Å². The minimum atomic E-state index is -0.474. The number of anilines is 1. The molecule has 1 aliphatic heterocycles. The zero-order valence-corrected chi connectivity index (χ0v) is 14.6. The Balaban J connectivity index is 1.66. The van der Waals surface area contributed by atoms with Gasteiger partial charge in [-0.15, -0.1) is 0 Å². The highest BCUT2D eigenvalue weighted by molar-refractivity contribution is 6.34. The summed E-state index contributed by atoms with van der Waals surface area (Å²) < 4.78 is 0. The largest absolute Gasteiger partial charge is 0.324 e. The lowest BCUT2D eigenvalue weighted by molar-refractivity contribution is -0.116. The average Bonchev–Trinajstić information content (AvgIpc) is 2.81. The van der Waals surface area contributed by atoms with Gasteiger partial charge in [-0.05, 0) is 43.2 Å². The van der Waals surface area contributed by atoms with Crippen LogP contribution in [0.15, 0.2) is 30.5 Å². The third kappa shape index (κ3) is 3.25. The fourth-order valence-electron chi connectivity index (χ4n) is 2.81. The van der Waals surface area contributed by atoms with Gasteiger partial charge in [0.25, 0.3) is 11.8 Å². The van der Waals surface area contributed by atoms with Gasteiger partial charge >= 0.3 is 0 Å². The smallest absolute Gasteiger partial charge is 0.280 e. The summed E-state index contributed by atoms with van der Waals surface area (Å²) >= 11 is 6.17. The number of hydrogen-bond donors (Lipinski definition) is 1. The minimum Gasteiger partial charge on any atom is -0.324 e. The Morgan fingerprint density at radius 3 is 2.68 bits per heavy atom. The van der Waals surface area contributed by atoms with Crippen molar-refractivity contribution in [2.45, 2.75) is 20.3 Å². The van der Waals surface area contributed by atoms with Crippen molar-refractivity contribution < 1.29 is 14.4 Å². The number of benzene rings is 1. The molecule has 2 heterocycles. The van der Waals surface area contributed by atoms with E-state index in [0.29, 0.717) is 10.7 Å². The molecule has 6 nitrogen and oxygen atoms in total. The first kappa shape index (κ1) is 17.1. The number of fused-ring (bicyclic) bond motifs is 1. The van der Waals surface area contributed by atoms with Gasteiger partial charge in [-0.3, -0.25) is 24.3 Å². The van der Waals surface area contributed by atoms with E-state index in [2.05, 4.69) is 10.3 Å². The average molecular weight is 358 g/mol. The number of imide groups is 1. The van der Waals surface area contributed by atoms with E-state index in [1.807, 2.05) is 19.9 Å². The lowest BCUT2D eigenvalue weighted by Gasteiger charge is -2.15. The molecule has 3 amide bonds. The van der Waals surface area contributed by atoms with Gasteiger partial charge in [-0.25, -0.2) is 0 Å². The number of carbonyl (C=O) groups is 3. The highest BCUT2D eigenvalue weighted by Gasteiger charge is 2.36. The number of rotatable bonds is 4.